The molecule has 0 saturated heterocycles. The Kier molecular flexibility index (Phi) is 5.42. The quantitative estimate of drug-likeness (QED) is 0.447. The molecule has 1 amide bonds. The Morgan fingerprint density at radius 3 is 2.94 bits per heavy atom. The van der Waals surface area contributed by atoms with E-state index in [1.807, 2.05) is 7.05 Å². The van der Waals surface area contributed by atoms with Crippen molar-refractivity contribution >= 4 is 11.7 Å². The number of nitrogens with zero attached hydrogens (tertiary/aromatic N) is 2. The van der Waals surface area contributed by atoms with Crippen LogP contribution in [0.3, 0.4) is 0 Å². The maximum Gasteiger partial charge on any atom is 0.253 e. The van der Waals surface area contributed by atoms with Crippen LogP contribution in [0.4, 0.5) is 5.82 Å². The standard InChI is InChI=1S/C12H20N4O/c1-3-4-5-8-16(2)12(17)10-6-7-14-11(9-10)15-13/h6-7,9H,3-5,8,13H2,1-2H3,(H,14,15). The van der Waals surface area contributed by atoms with Crippen molar-refractivity contribution in [1.82, 2.24) is 9.88 Å². The molecule has 0 unspecified atom stereocenters. The van der Waals surface area contributed by atoms with Crippen molar-refractivity contribution in [3.05, 3.63) is 23.9 Å². The highest BCUT2D eigenvalue weighted by Gasteiger charge is 2.11. The van der Waals surface area contributed by atoms with Crippen molar-refractivity contribution < 1.29 is 4.79 Å². The third-order valence-electron chi connectivity index (χ3n) is 2.60. The zero-order chi connectivity index (χ0) is 12.7. The first-order valence-electron chi connectivity index (χ1n) is 5.87. The number of anilines is 1. The van der Waals surface area contributed by atoms with E-state index in [0.29, 0.717) is 11.4 Å². The van der Waals surface area contributed by atoms with Gasteiger partial charge in [-0.2, -0.15) is 0 Å². The van der Waals surface area contributed by atoms with E-state index in [4.69, 9.17) is 5.84 Å². The van der Waals surface area contributed by atoms with E-state index in [0.717, 1.165) is 25.8 Å². The lowest BCUT2D eigenvalue weighted by molar-refractivity contribution is 0.0792. The van der Waals surface area contributed by atoms with Gasteiger partial charge < -0.3 is 10.3 Å². The van der Waals surface area contributed by atoms with Gasteiger partial charge in [0.05, 0.1) is 0 Å². The predicted octanol–water partition coefficient (Wildman–Crippen LogP) is 1.63. The molecule has 3 N–H and O–H groups in total. The second-order valence-corrected chi connectivity index (χ2v) is 4.01. The summed E-state index contributed by atoms with van der Waals surface area (Å²) in [6.07, 6.45) is 4.90. The van der Waals surface area contributed by atoms with Crippen molar-refractivity contribution in [2.45, 2.75) is 26.2 Å². The molecule has 0 atom stereocenters. The van der Waals surface area contributed by atoms with Crippen LogP contribution in [0, 0.1) is 0 Å². The molecule has 1 aromatic rings. The fraction of sp³-hybridized carbons (Fsp3) is 0.500. The van der Waals surface area contributed by atoms with Gasteiger partial charge in [-0.05, 0) is 18.6 Å². The van der Waals surface area contributed by atoms with E-state index < -0.39 is 0 Å². The first-order valence-corrected chi connectivity index (χ1v) is 5.87. The van der Waals surface area contributed by atoms with Gasteiger partial charge in [0.1, 0.15) is 5.82 Å². The lowest BCUT2D eigenvalue weighted by Gasteiger charge is -2.17. The van der Waals surface area contributed by atoms with Crippen molar-refractivity contribution in [2.24, 2.45) is 5.84 Å². The summed E-state index contributed by atoms with van der Waals surface area (Å²) in [5, 5.41) is 0. The fourth-order valence-corrected chi connectivity index (χ4v) is 1.56. The van der Waals surface area contributed by atoms with Crippen LogP contribution in [0.15, 0.2) is 18.3 Å². The highest BCUT2D eigenvalue weighted by atomic mass is 16.2. The van der Waals surface area contributed by atoms with Gasteiger partial charge in [0.2, 0.25) is 0 Å². The lowest BCUT2D eigenvalue weighted by Crippen LogP contribution is -2.28. The van der Waals surface area contributed by atoms with E-state index in [9.17, 15) is 4.79 Å². The molecule has 5 nitrogen and oxygen atoms in total. The highest BCUT2D eigenvalue weighted by Crippen LogP contribution is 2.08. The zero-order valence-electron chi connectivity index (χ0n) is 10.4. The number of unbranched alkanes of at least 4 members (excludes halogenated alkanes) is 2. The van der Waals surface area contributed by atoms with Gasteiger partial charge in [0, 0.05) is 25.4 Å². The van der Waals surface area contributed by atoms with Gasteiger partial charge in [0.25, 0.3) is 5.91 Å². The number of nitrogen functional groups attached to an aromatic ring is 1. The number of hydrogen-bond donors (Lipinski definition) is 2. The molecule has 0 aliphatic carbocycles. The molecule has 17 heavy (non-hydrogen) atoms. The zero-order valence-corrected chi connectivity index (χ0v) is 10.4. The molecular formula is C12H20N4O. The summed E-state index contributed by atoms with van der Waals surface area (Å²) in [4.78, 5) is 17.7. The molecule has 94 valence electrons. The third kappa shape index (κ3) is 4.03. The Morgan fingerprint density at radius 2 is 2.29 bits per heavy atom. The van der Waals surface area contributed by atoms with Crippen LogP contribution in [0.2, 0.25) is 0 Å². The Balaban J connectivity index is 2.61. The maximum absolute atomic E-state index is 12.0. The molecule has 0 aliphatic rings. The predicted molar refractivity (Wildman–Crippen MR) is 68.5 cm³/mol. The summed E-state index contributed by atoms with van der Waals surface area (Å²) >= 11 is 0. The van der Waals surface area contributed by atoms with Crippen LogP contribution in [0.5, 0.6) is 0 Å². The molecule has 0 aromatic carbocycles. The number of hydrazine groups is 1. The van der Waals surface area contributed by atoms with Crippen LogP contribution >= 0.6 is 0 Å². The number of nitrogens with one attached hydrogen (secondary N) is 1. The van der Waals surface area contributed by atoms with Crippen molar-refractivity contribution in [1.29, 1.82) is 0 Å². The van der Waals surface area contributed by atoms with E-state index >= 15 is 0 Å². The van der Waals surface area contributed by atoms with E-state index in [1.54, 1.807) is 23.2 Å². The van der Waals surface area contributed by atoms with Crippen LogP contribution < -0.4 is 11.3 Å². The maximum atomic E-state index is 12.0. The Morgan fingerprint density at radius 1 is 1.53 bits per heavy atom. The summed E-state index contributed by atoms with van der Waals surface area (Å²) < 4.78 is 0. The monoisotopic (exact) mass is 236 g/mol. The van der Waals surface area contributed by atoms with Crippen LogP contribution in [-0.4, -0.2) is 29.4 Å². The first kappa shape index (κ1) is 13.4. The smallest absolute Gasteiger partial charge is 0.253 e. The molecule has 0 aliphatic heterocycles. The number of rotatable bonds is 6. The van der Waals surface area contributed by atoms with Crippen molar-refractivity contribution in [3.63, 3.8) is 0 Å². The SMILES string of the molecule is CCCCCN(C)C(=O)c1ccnc(NN)c1. The van der Waals surface area contributed by atoms with Gasteiger partial charge in [-0.15, -0.1) is 0 Å². The minimum atomic E-state index is 0.00000283. The summed E-state index contributed by atoms with van der Waals surface area (Å²) in [6.45, 7) is 2.92. The number of hydrogen-bond acceptors (Lipinski definition) is 4. The average Bonchev–Trinajstić information content (AvgIpc) is 2.38. The largest absolute Gasteiger partial charge is 0.342 e. The molecule has 0 fully saturated rings. The molecule has 1 aromatic heterocycles. The minimum absolute atomic E-state index is 0.00000283. The topological polar surface area (TPSA) is 71.2 Å². The normalized spacial score (nSPS) is 10.1. The number of carbonyl (C=O) groups excluding carboxylic acids is 1. The number of amides is 1. The molecule has 0 bridgehead atoms. The first-order chi connectivity index (χ1) is 8.19. The van der Waals surface area contributed by atoms with Crippen molar-refractivity contribution in [2.75, 3.05) is 19.0 Å². The second kappa shape index (κ2) is 6.85. The van der Waals surface area contributed by atoms with Gasteiger partial charge in [-0.25, -0.2) is 10.8 Å². The van der Waals surface area contributed by atoms with Gasteiger partial charge in [0.15, 0.2) is 0 Å². The lowest BCUT2D eigenvalue weighted by atomic mass is 10.2. The van der Waals surface area contributed by atoms with Crippen LogP contribution in [-0.2, 0) is 0 Å². The van der Waals surface area contributed by atoms with Crippen LogP contribution in [0.1, 0.15) is 36.5 Å². The Bertz CT molecular complexity index is 367. The minimum Gasteiger partial charge on any atom is -0.342 e. The van der Waals surface area contributed by atoms with E-state index in [-0.39, 0.29) is 5.91 Å². The number of nitrogens with two attached hydrogens (primary N) is 1. The van der Waals surface area contributed by atoms with Gasteiger partial charge in [-0.1, -0.05) is 19.8 Å². The molecule has 0 radical (unpaired) electrons. The number of pyridine rings is 1. The molecule has 1 rings (SSSR count). The molecule has 0 saturated carbocycles. The summed E-state index contributed by atoms with van der Waals surface area (Å²) in [5.41, 5.74) is 3.04. The highest BCUT2D eigenvalue weighted by molar-refractivity contribution is 5.94. The summed E-state index contributed by atoms with van der Waals surface area (Å²) in [5.74, 6) is 5.75. The number of carbonyl (C=O) groups is 1. The molecule has 1 heterocycles. The fourth-order valence-electron chi connectivity index (χ4n) is 1.56. The third-order valence-corrected chi connectivity index (χ3v) is 2.60. The average molecular weight is 236 g/mol. The van der Waals surface area contributed by atoms with Gasteiger partial charge >= 0.3 is 0 Å². The molecule has 5 heteroatoms. The van der Waals surface area contributed by atoms with Gasteiger partial charge in [-0.3, -0.25) is 4.79 Å². The van der Waals surface area contributed by atoms with Crippen LogP contribution in [0.25, 0.3) is 0 Å². The summed E-state index contributed by atoms with van der Waals surface area (Å²) in [6, 6.07) is 3.35. The van der Waals surface area contributed by atoms with E-state index in [1.165, 1.54) is 0 Å². The van der Waals surface area contributed by atoms with Crippen molar-refractivity contribution in [3.8, 4) is 0 Å². The second-order valence-electron chi connectivity index (χ2n) is 4.01. The number of aromatic nitrogens is 1. The molecular weight excluding hydrogens is 216 g/mol. The van der Waals surface area contributed by atoms with E-state index in [2.05, 4.69) is 17.3 Å². The summed E-state index contributed by atoms with van der Waals surface area (Å²) in [7, 11) is 1.81. The Labute approximate surface area is 102 Å². The Hall–Kier alpha value is -1.62. The molecule has 0 spiro atoms.